The first-order chi connectivity index (χ1) is 12.1. The molecule has 25 heavy (non-hydrogen) atoms. The van der Waals surface area contributed by atoms with E-state index in [2.05, 4.69) is 26.4 Å². The van der Waals surface area contributed by atoms with E-state index in [9.17, 15) is 4.79 Å². The van der Waals surface area contributed by atoms with E-state index in [0.29, 0.717) is 23.8 Å². The average Bonchev–Trinajstić information content (AvgIpc) is 2.60. The lowest BCUT2D eigenvalue weighted by Crippen LogP contribution is -2.16. The van der Waals surface area contributed by atoms with Gasteiger partial charge in [0.05, 0.1) is 24.4 Å². The van der Waals surface area contributed by atoms with Crippen molar-refractivity contribution in [2.75, 3.05) is 25.6 Å². The summed E-state index contributed by atoms with van der Waals surface area (Å²) in [6, 6.07) is 12.7. The summed E-state index contributed by atoms with van der Waals surface area (Å²) in [5.41, 5.74) is 1.46. The first-order valence-electron chi connectivity index (χ1n) is 7.64. The van der Waals surface area contributed by atoms with Gasteiger partial charge in [0, 0.05) is 11.3 Å². The van der Waals surface area contributed by atoms with Gasteiger partial charge in [-0.25, -0.2) is 0 Å². The van der Waals surface area contributed by atoms with Gasteiger partial charge in [-0.15, -0.1) is 0 Å². The summed E-state index contributed by atoms with van der Waals surface area (Å²) in [6.45, 7) is 2.23. The fourth-order valence-corrected chi connectivity index (χ4v) is 2.66. The van der Waals surface area contributed by atoms with Gasteiger partial charge in [-0.05, 0) is 47.1 Å². The van der Waals surface area contributed by atoms with E-state index in [1.165, 1.54) is 6.21 Å². The second-order valence-electron chi connectivity index (χ2n) is 4.89. The minimum Gasteiger partial charge on any atom is -0.492 e. The number of amides is 1. The Morgan fingerprint density at radius 1 is 1.28 bits per heavy atom. The van der Waals surface area contributed by atoms with E-state index in [0.717, 1.165) is 10.0 Å². The van der Waals surface area contributed by atoms with Crippen LogP contribution in [-0.4, -0.2) is 32.4 Å². The summed E-state index contributed by atoms with van der Waals surface area (Å²) < 4.78 is 11.6. The zero-order valence-electron chi connectivity index (χ0n) is 14.0. The maximum atomic E-state index is 11.7. The van der Waals surface area contributed by atoms with Gasteiger partial charge in [-0.1, -0.05) is 23.4 Å². The number of oxime groups is 1. The van der Waals surface area contributed by atoms with Gasteiger partial charge < -0.3 is 19.6 Å². The molecule has 0 atom stereocenters. The molecule has 0 heterocycles. The molecule has 0 spiro atoms. The topological polar surface area (TPSA) is 69.2 Å². The van der Waals surface area contributed by atoms with Crippen molar-refractivity contribution < 1.29 is 19.1 Å². The highest BCUT2D eigenvalue weighted by atomic mass is 79.9. The van der Waals surface area contributed by atoms with Crippen molar-refractivity contribution in [2.45, 2.75) is 6.92 Å². The highest BCUT2D eigenvalue weighted by Crippen LogP contribution is 2.36. The van der Waals surface area contributed by atoms with Crippen LogP contribution in [0, 0.1) is 0 Å². The van der Waals surface area contributed by atoms with Crippen LogP contribution in [0.1, 0.15) is 12.5 Å². The molecule has 1 amide bonds. The number of carbonyl (C=O) groups excluding carboxylic acids is 1. The summed E-state index contributed by atoms with van der Waals surface area (Å²) in [4.78, 5) is 16.8. The fraction of sp³-hybridized carbons (Fsp3) is 0.222. The highest BCUT2D eigenvalue weighted by Gasteiger charge is 2.10. The predicted octanol–water partition coefficient (Wildman–Crippen LogP) is 3.85. The molecule has 0 aliphatic carbocycles. The number of anilines is 1. The van der Waals surface area contributed by atoms with Crippen molar-refractivity contribution in [2.24, 2.45) is 5.16 Å². The van der Waals surface area contributed by atoms with Crippen molar-refractivity contribution in [3.8, 4) is 11.5 Å². The van der Waals surface area contributed by atoms with Crippen LogP contribution in [0.3, 0.4) is 0 Å². The van der Waals surface area contributed by atoms with Crippen molar-refractivity contribution in [3.05, 3.63) is 52.5 Å². The number of para-hydroxylation sites is 1. The number of hydrogen-bond donors (Lipinski definition) is 1. The van der Waals surface area contributed by atoms with E-state index in [1.54, 1.807) is 25.3 Å². The molecule has 2 aromatic carbocycles. The lowest BCUT2D eigenvalue weighted by molar-refractivity contribution is -0.120. The van der Waals surface area contributed by atoms with Crippen LogP contribution >= 0.6 is 15.9 Å². The predicted molar refractivity (Wildman–Crippen MR) is 100 cm³/mol. The van der Waals surface area contributed by atoms with Crippen molar-refractivity contribution in [3.63, 3.8) is 0 Å². The minimum atomic E-state index is -0.283. The van der Waals surface area contributed by atoms with E-state index >= 15 is 0 Å². The number of nitrogens with one attached hydrogen (secondary N) is 1. The van der Waals surface area contributed by atoms with Gasteiger partial charge in [0.1, 0.15) is 0 Å². The average molecular weight is 407 g/mol. The highest BCUT2D eigenvalue weighted by molar-refractivity contribution is 9.10. The zero-order chi connectivity index (χ0) is 18.1. The summed E-state index contributed by atoms with van der Waals surface area (Å²) in [6.07, 6.45) is 1.50. The fourth-order valence-electron chi connectivity index (χ4n) is 2.04. The van der Waals surface area contributed by atoms with Crippen LogP contribution < -0.4 is 14.8 Å². The smallest absolute Gasteiger partial charge is 0.265 e. The molecule has 0 fully saturated rings. The first-order valence-corrected chi connectivity index (χ1v) is 8.44. The third kappa shape index (κ3) is 5.79. The normalized spacial score (nSPS) is 10.5. The molecule has 0 saturated carbocycles. The van der Waals surface area contributed by atoms with Crippen LogP contribution in [-0.2, 0) is 9.63 Å². The standard InChI is InChI=1S/C18H19BrN2O4/c1-3-24-16-10-13(9-15(19)18(16)23-2)11-20-25-12-17(22)21-14-7-5-4-6-8-14/h4-11H,3,12H2,1-2H3,(H,21,22). The SMILES string of the molecule is CCOc1cc(C=NOCC(=O)Nc2ccccc2)cc(Br)c1OC. The largest absolute Gasteiger partial charge is 0.492 e. The van der Waals surface area contributed by atoms with Crippen LogP contribution in [0.5, 0.6) is 11.5 Å². The first kappa shape index (κ1) is 18.8. The molecule has 0 saturated heterocycles. The Morgan fingerprint density at radius 2 is 2.04 bits per heavy atom. The number of benzene rings is 2. The van der Waals surface area contributed by atoms with Crippen LogP contribution in [0.15, 0.2) is 52.1 Å². The summed E-state index contributed by atoms with van der Waals surface area (Å²) in [5, 5.41) is 6.53. The molecule has 0 radical (unpaired) electrons. The molecular weight excluding hydrogens is 388 g/mol. The second kappa shape index (κ2) is 9.68. The van der Waals surface area contributed by atoms with Gasteiger partial charge >= 0.3 is 0 Å². The third-order valence-corrected chi connectivity index (χ3v) is 3.65. The quantitative estimate of drug-likeness (QED) is 0.533. The van der Waals surface area contributed by atoms with Crippen LogP contribution in [0.4, 0.5) is 5.69 Å². The van der Waals surface area contributed by atoms with E-state index in [4.69, 9.17) is 14.3 Å². The number of nitrogens with zero attached hydrogens (tertiary/aromatic N) is 1. The maximum Gasteiger partial charge on any atom is 0.265 e. The molecule has 0 aliphatic rings. The maximum absolute atomic E-state index is 11.7. The molecule has 0 aliphatic heterocycles. The van der Waals surface area contributed by atoms with Crippen LogP contribution in [0.2, 0.25) is 0 Å². The number of halogens is 1. The number of hydrogen-bond acceptors (Lipinski definition) is 5. The van der Waals surface area contributed by atoms with Crippen molar-refractivity contribution in [1.29, 1.82) is 0 Å². The van der Waals surface area contributed by atoms with Gasteiger partial charge in [0.25, 0.3) is 5.91 Å². The number of carbonyl (C=O) groups is 1. The molecule has 132 valence electrons. The lowest BCUT2D eigenvalue weighted by Gasteiger charge is -2.11. The number of rotatable bonds is 8. The Bertz CT molecular complexity index is 735. The minimum absolute atomic E-state index is 0.180. The van der Waals surface area contributed by atoms with E-state index < -0.39 is 0 Å². The Morgan fingerprint density at radius 3 is 2.72 bits per heavy atom. The summed E-state index contributed by atoms with van der Waals surface area (Å²) >= 11 is 3.43. The van der Waals surface area contributed by atoms with E-state index in [-0.39, 0.29) is 12.5 Å². The van der Waals surface area contributed by atoms with Crippen molar-refractivity contribution in [1.82, 2.24) is 0 Å². The van der Waals surface area contributed by atoms with Crippen molar-refractivity contribution >= 4 is 33.7 Å². The van der Waals surface area contributed by atoms with Gasteiger partial charge in [0.2, 0.25) is 0 Å². The molecule has 6 nitrogen and oxygen atoms in total. The number of ether oxygens (including phenoxy) is 2. The monoisotopic (exact) mass is 406 g/mol. The Balaban J connectivity index is 1.92. The molecule has 0 unspecified atom stereocenters. The molecule has 0 bridgehead atoms. The lowest BCUT2D eigenvalue weighted by atomic mass is 10.2. The molecule has 1 N–H and O–H groups in total. The molecule has 0 aromatic heterocycles. The molecule has 2 aromatic rings. The van der Waals surface area contributed by atoms with E-state index in [1.807, 2.05) is 31.2 Å². The molecular formula is C18H19BrN2O4. The van der Waals surface area contributed by atoms with Gasteiger partial charge in [-0.3, -0.25) is 4.79 Å². The van der Waals surface area contributed by atoms with Gasteiger partial charge in [0.15, 0.2) is 18.1 Å². The Labute approximate surface area is 154 Å². The Kier molecular flexibility index (Phi) is 7.28. The van der Waals surface area contributed by atoms with Gasteiger partial charge in [-0.2, -0.15) is 0 Å². The van der Waals surface area contributed by atoms with Crippen LogP contribution in [0.25, 0.3) is 0 Å². The molecule has 2 rings (SSSR count). The zero-order valence-corrected chi connectivity index (χ0v) is 15.6. The number of methoxy groups -OCH3 is 1. The summed E-state index contributed by atoms with van der Waals surface area (Å²) in [5.74, 6) is 0.930. The Hall–Kier alpha value is -2.54. The third-order valence-electron chi connectivity index (χ3n) is 3.07. The summed E-state index contributed by atoms with van der Waals surface area (Å²) in [7, 11) is 1.57. The molecule has 7 heteroatoms. The second-order valence-corrected chi connectivity index (χ2v) is 5.74.